The second kappa shape index (κ2) is 8.75. The van der Waals surface area contributed by atoms with Crippen LogP contribution in [-0.2, 0) is 19.1 Å². The van der Waals surface area contributed by atoms with E-state index in [0.717, 1.165) is 0 Å². The molecule has 0 aliphatic carbocycles. The van der Waals surface area contributed by atoms with Crippen LogP contribution in [0.15, 0.2) is 0 Å². The lowest BCUT2D eigenvalue weighted by Gasteiger charge is -2.41. The second-order valence-corrected chi connectivity index (χ2v) is 5.29. The Labute approximate surface area is 135 Å². The molecule has 24 heavy (non-hydrogen) atoms. The average Bonchev–Trinajstić information content (AvgIpc) is 2.56. The fourth-order valence-corrected chi connectivity index (χ4v) is 2.12. The largest absolute Gasteiger partial charge is 0.479 e. The van der Waals surface area contributed by atoms with E-state index < -0.39 is 67.6 Å². The van der Waals surface area contributed by atoms with E-state index in [1.165, 1.54) is 0 Å². The summed E-state index contributed by atoms with van der Waals surface area (Å²) in [5, 5.41) is 66.1. The summed E-state index contributed by atoms with van der Waals surface area (Å²) in [4.78, 5) is 21.8. The number of hydrogen-bond donors (Lipinski definition) is 8. The van der Waals surface area contributed by atoms with Crippen LogP contribution in [0.3, 0.4) is 0 Å². The Morgan fingerprint density at radius 3 is 2.25 bits per heavy atom. The molecule has 0 bridgehead atoms. The second-order valence-electron chi connectivity index (χ2n) is 5.29. The van der Waals surface area contributed by atoms with Crippen LogP contribution in [0.1, 0.15) is 0 Å². The highest BCUT2D eigenvalue weighted by atomic mass is 16.7. The number of ether oxygens (including phenoxy) is 2. The number of carbonyl (C=O) groups excluding carboxylic acids is 1. The Hall–Kier alpha value is -1.22. The molecule has 9 atom stereocenters. The molecule has 1 fully saturated rings. The minimum absolute atomic E-state index is 0.146. The predicted octanol–water partition coefficient (Wildman–Crippen LogP) is -5.50. The number of rotatable bonds is 8. The van der Waals surface area contributed by atoms with Crippen LogP contribution >= 0.6 is 0 Å². The molecule has 0 saturated carbocycles. The molecule has 0 amide bonds. The van der Waals surface area contributed by atoms with Crippen molar-refractivity contribution < 1.29 is 54.8 Å². The van der Waals surface area contributed by atoms with Crippen LogP contribution in [0.5, 0.6) is 0 Å². The molecule has 1 saturated heterocycles. The molecule has 0 aromatic heterocycles. The van der Waals surface area contributed by atoms with Crippen LogP contribution in [0, 0.1) is 0 Å². The maximum absolute atomic E-state index is 11.0. The lowest BCUT2D eigenvalue weighted by Crippen LogP contribution is -2.63. The SMILES string of the molecule is N[C@@H](C=O)[C@@H](O[C@@H]1O[C@H](C(=O)O)[C@@H](O)[C@H](O)[C@H]1O)[C@@H](O)[C@H](O)CO. The van der Waals surface area contributed by atoms with Gasteiger partial charge in [0.25, 0.3) is 0 Å². The monoisotopic (exact) mass is 355 g/mol. The Kier molecular flexibility index (Phi) is 7.59. The molecule has 1 aliphatic heterocycles. The standard InChI is InChI=1S/C12H21NO11/c13-3(1-14)9(5(17)4(16)2-15)23-12-8(20)6(18)7(19)10(24-12)11(21)22/h1,3-10,12,15-20H,2,13H2,(H,21,22)/t3-,4+,5-,6-,7-,8+,9+,10-,12+/m0/s1. The number of carbonyl (C=O) groups is 2. The molecule has 0 aromatic carbocycles. The average molecular weight is 355 g/mol. The van der Waals surface area contributed by atoms with E-state index in [-0.39, 0.29) is 6.29 Å². The van der Waals surface area contributed by atoms with Crippen molar-refractivity contribution >= 4 is 12.3 Å². The molecule has 0 spiro atoms. The predicted molar refractivity (Wildman–Crippen MR) is 72.3 cm³/mol. The molecule has 140 valence electrons. The van der Waals surface area contributed by atoms with Gasteiger partial charge in [0, 0.05) is 0 Å². The number of hydrogen-bond acceptors (Lipinski definition) is 11. The summed E-state index contributed by atoms with van der Waals surface area (Å²) in [6.45, 7) is -0.903. The van der Waals surface area contributed by atoms with Gasteiger partial charge in [-0.1, -0.05) is 0 Å². The third kappa shape index (κ3) is 4.44. The molecule has 1 heterocycles. The lowest BCUT2D eigenvalue weighted by molar-refractivity contribution is -0.313. The summed E-state index contributed by atoms with van der Waals surface area (Å²) in [7, 11) is 0. The van der Waals surface area contributed by atoms with Gasteiger partial charge in [-0.15, -0.1) is 0 Å². The Morgan fingerprint density at radius 1 is 1.21 bits per heavy atom. The van der Waals surface area contributed by atoms with Gasteiger partial charge in [0.1, 0.15) is 42.9 Å². The minimum atomic E-state index is -1.96. The topological polar surface area (TPSA) is 220 Å². The van der Waals surface area contributed by atoms with Crippen LogP contribution in [0.25, 0.3) is 0 Å². The van der Waals surface area contributed by atoms with Crippen molar-refractivity contribution in [3.63, 3.8) is 0 Å². The van der Waals surface area contributed by atoms with Gasteiger partial charge in [0.15, 0.2) is 12.4 Å². The van der Waals surface area contributed by atoms with E-state index in [9.17, 15) is 35.1 Å². The summed E-state index contributed by atoms with van der Waals surface area (Å²) in [6.07, 6.45) is -14.9. The zero-order chi connectivity index (χ0) is 18.6. The van der Waals surface area contributed by atoms with Gasteiger partial charge >= 0.3 is 5.97 Å². The van der Waals surface area contributed by atoms with Gasteiger partial charge in [0.2, 0.25) is 0 Å². The molecule has 1 rings (SSSR count). The number of carboxylic acid groups (broad SMARTS) is 1. The summed E-state index contributed by atoms with van der Waals surface area (Å²) < 4.78 is 9.88. The molecule has 12 nitrogen and oxygen atoms in total. The molecular weight excluding hydrogens is 334 g/mol. The van der Waals surface area contributed by atoms with E-state index in [1.54, 1.807) is 0 Å². The number of aldehydes is 1. The molecule has 9 N–H and O–H groups in total. The van der Waals surface area contributed by atoms with Crippen molar-refractivity contribution in [1.29, 1.82) is 0 Å². The quantitative estimate of drug-likeness (QED) is 0.191. The number of carboxylic acids is 1. The Morgan fingerprint density at radius 2 is 1.79 bits per heavy atom. The fraction of sp³-hybridized carbons (Fsp3) is 0.833. The van der Waals surface area contributed by atoms with Crippen molar-refractivity contribution in [3.8, 4) is 0 Å². The van der Waals surface area contributed by atoms with Crippen LogP contribution in [0.4, 0.5) is 0 Å². The zero-order valence-corrected chi connectivity index (χ0v) is 12.3. The Bertz CT molecular complexity index is 435. The highest BCUT2D eigenvalue weighted by Gasteiger charge is 2.49. The van der Waals surface area contributed by atoms with Gasteiger partial charge < -0.3 is 55.7 Å². The van der Waals surface area contributed by atoms with Crippen LogP contribution in [-0.4, -0.2) is 110 Å². The van der Waals surface area contributed by atoms with E-state index >= 15 is 0 Å². The van der Waals surface area contributed by atoms with E-state index in [4.69, 9.17) is 25.4 Å². The number of aliphatic hydroxyl groups excluding tert-OH is 6. The summed E-state index contributed by atoms with van der Waals surface area (Å²) in [6, 6.07) is -1.54. The first-order valence-corrected chi connectivity index (χ1v) is 6.91. The first-order valence-electron chi connectivity index (χ1n) is 6.91. The number of aliphatic hydroxyl groups is 6. The molecule has 12 heteroatoms. The van der Waals surface area contributed by atoms with E-state index in [1.807, 2.05) is 0 Å². The molecule has 0 radical (unpaired) electrons. The highest BCUT2D eigenvalue weighted by Crippen LogP contribution is 2.24. The minimum Gasteiger partial charge on any atom is -0.479 e. The van der Waals surface area contributed by atoms with Crippen molar-refractivity contribution in [2.24, 2.45) is 5.73 Å². The van der Waals surface area contributed by atoms with E-state index in [2.05, 4.69) is 0 Å². The van der Waals surface area contributed by atoms with Gasteiger partial charge in [-0.3, -0.25) is 0 Å². The normalized spacial score (nSPS) is 35.7. The maximum atomic E-state index is 11.0. The zero-order valence-electron chi connectivity index (χ0n) is 12.3. The van der Waals surface area contributed by atoms with Crippen molar-refractivity contribution in [2.45, 2.75) is 55.1 Å². The third-order valence-corrected chi connectivity index (χ3v) is 3.56. The highest BCUT2D eigenvalue weighted by molar-refractivity contribution is 5.73. The van der Waals surface area contributed by atoms with Crippen molar-refractivity contribution in [3.05, 3.63) is 0 Å². The van der Waals surface area contributed by atoms with Crippen LogP contribution in [0.2, 0.25) is 0 Å². The summed E-state index contributed by atoms with van der Waals surface area (Å²) in [5.41, 5.74) is 5.42. The van der Waals surface area contributed by atoms with Crippen molar-refractivity contribution in [2.75, 3.05) is 6.61 Å². The number of aliphatic carboxylic acids is 1. The maximum Gasteiger partial charge on any atom is 0.335 e. The van der Waals surface area contributed by atoms with Gasteiger partial charge in [-0.25, -0.2) is 4.79 Å². The van der Waals surface area contributed by atoms with E-state index in [0.29, 0.717) is 0 Å². The lowest BCUT2D eigenvalue weighted by atomic mass is 9.98. The fourth-order valence-electron chi connectivity index (χ4n) is 2.12. The summed E-state index contributed by atoms with van der Waals surface area (Å²) in [5.74, 6) is -1.66. The Balaban J connectivity index is 2.98. The van der Waals surface area contributed by atoms with Crippen LogP contribution < -0.4 is 5.73 Å². The molecule has 0 unspecified atom stereocenters. The smallest absolute Gasteiger partial charge is 0.335 e. The molecule has 0 aromatic rings. The molecule has 1 aliphatic rings. The van der Waals surface area contributed by atoms with Crippen molar-refractivity contribution in [1.82, 2.24) is 0 Å². The van der Waals surface area contributed by atoms with Gasteiger partial charge in [-0.2, -0.15) is 0 Å². The first kappa shape index (κ1) is 20.8. The van der Waals surface area contributed by atoms with Gasteiger partial charge in [0.05, 0.1) is 12.6 Å². The molecular formula is C12H21NO11. The number of nitrogens with two attached hydrogens (primary N) is 1. The summed E-state index contributed by atoms with van der Waals surface area (Å²) >= 11 is 0. The van der Waals surface area contributed by atoms with Gasteiger partial charge in [-0.05, 0) is 0 Å². The third-order valence-electron chi connectivity index (χ3n) is 3.56. The first-order chi connectivity index (χ1) is 11.1.